The lowest BCUT2D eigenvalue weighted by atomic mass is 9.81. The van der Waals surface area contributed by atoms with Crippen molar-refractivity contribution in [2.24, 2.45) is 0 Å². The Balaban J connectivity index is 1.63. The van der Waals surface area contributed by atoms with Gasteiger partial charge in [-0.1, -0.05) is 71.5 Å². The second-order valence-corrected chi connectivity index (χ2v) is 14.0. The van der Waals surface area contributed by atoms with Gasteiger partial charge in [0, 0.05) is 0 Å². The minimum atomic E-state index is -1.74. The van der Waals surface area contributed by atoms with Crippen LogP contribution in [0.3, 0.4) is 0 Å². The lowest BCUT2D eigenvalue weighted by molar-refractivity contribution is 0.534. The Labute approximate surface area is 160 Å². The van der Waals surface area contributed by atoms with Gasteiger partial charge < -0.3 is 0 Å². The molecule has 0 radical (unpaired) electrons. The molecule has 0 saturated heterocycles. The fourth-order valence-corrected chi connectivity index (χ4v) is 12.0. The lowest BCUT2D eigenvalue weighted by Gasteiger charge is -2.51. The third-order valence-corrected chi connectivity index (χ3v) is 14.5. The summed E-state index contributed by atoms with van der Waals surface area (Å²) in [4.78, 5) is 0. The van der Waals surface area contributed by atoms with Gasteiger partial charge in [0.05, 0.1) is 0 Å². The Morgan fingerprint density at radius 2 is 1.50 bits per heavy atom. The Kier molecular flexibility index (Phi) is 3.94. The molecule has 26 heavy (non-hydrogen) atoms. The zero-order chi connectivity index (χ0) is 17.8. The van der Waals surface area contributed by atoms with Crippen molar-refractivity contribution in [3.05, 3.63) is 69.1 Å². The fourth-order valence-electron chi connectivity index (χ4n) is 6.73. The van der Waals surface area contributed by atoms with E-state index in [1.807, 2.05) is 22.3 Å². The fraction of sp³-hybridized carbons (Fsp3) is 0.520. The van der Waals surface area contributed by atoms with Crippen LogP contribution in [-0.2, 0) is 0 Å². The average molecular weight is 361 g/mol. The highest BCUT2D eigenvalue weighted by molar-refractivity contribution is 6.94. The predicted molar refractivity (Wildman–Crippen MR) is 115 cm³/mol. The molecule has 0 saturated carbocycles. The molecule has 0 heterocycles. The molecular formula is C25H32Si. The van der Waals surface area contributed by atoms with Crippen molar-refractivity contribution in [1.82, 2.24) is 0 Å². The van der Waals surface area contributed by atoms with Crippen LogP contribution in [0.25, 0.3) is 0 Å². The number of allylic oxidation sites excluding steroid dienone is 12. The molecule has 136 valence electrons. The summed E-state index contributed by atoms with van der Waals surface area (Å²) in [7, 11) is -1.74. The molecule has 0 bridgehead atoms. The van der Waals surface area contributed by atoms with Gasteiger partial charge in [-0.15, -0.1) is 0 Å². The van der Waals surface area contributed by atoms with E-state index in [2.05, 4.69) is 49.9 Å². The summed E-state index contributed by atoms with van der Waals surface area (Å²) in [6.45, 7) is 5.41. The van der Waals surface area contributed by atoms with Crippen LogP contribution in [0, 0.1) is 0 Å². The van der Waals surface area contributed by atoms with Crippen molar-refractivity contribution < 1.29 is 0 Å². The summed E-state index contributed by atoms with van der Waals surface area (Å²) in [5.74, 6) is 0. The molecule has 5 rings (SSSR count). The molecule has 1 heteroatoms. The van der Waals surface area contributed by atoms with Crippen molar-refractivity contribution in [3.8, 4) is 0 Å². The minimum Gasteiger partial charge on any atom is -0.0809 e. The highest BCUT2D eigenvalue weighted by atomic mass is 28.3. The first-order valence-corrected chi connectivity index (χ1v) is 13.3. The van der Waals surface area contributed by atoms with Crippen molar-refractivity contribution in [2.45, 2.75) is 82.7 Å². The van der Waals surface area contributed by atoms with E-state index in [1.165, 1.54) is 64.2 Å². The van der Waals surface area contributed by atoms with E-state index in [-0.39, 0.29) is 0 Å². The predicted octanol–water partition coefficient (Wildman–Crippen LogP) is 7.43. The summed E-state index contributed by atoms with van der Waals surface area (Å²) in [6, 6.07) is 0. The molecule has 0 aromatic rings. The van der Waals surface area contributed by atoms with E-state index in [0.717, 1.165) is 0 Å². The van der Waals surface area contributed by atoms with Crippen LogP contribution in [0.15, 0.2) is 69.1 Å². The van der Waals surface area contributed by atoms with Gasteiger partial charge in [0.1, 0.15) is 8.07 Å². The Hall–Kier alpha value is -1.34. The van der Waals surface area contributed by atoms with Gasteiger partial charge in [0.2, 0.25) is 0 Å². The van der Waals surface area contributed by atoms with Gasteiger partial charge in [-0.2, -0.15) is 0 Å². The standard InChI is InChI=1S/C25H32Si/c1-25(26(2,20-11-4-5-12-20)21-13-6-7-14-21)17-9-16-23-22-15-8-3-10-19(22)18-24(23)25/h4-7,11,13H,3,8-10,12,14-18H2,1-2H3. The summed E-state index contributed by atoms with van der Waals surface area (Å²) in [5.41, 5.74) is 7.39. The number of rotatable bonds is 3. The summed E-state index contributed by atoms with van der Waals surface area (Å²) >= 11 is 0. The van der Waals surface area contributed by atoms with Crippen molar-refractivity contribution >= 4 is 8.07 Å². The maximum Gasteiger partial charge on any atom is 0.116 e. The SMILES string of the molecule is CC1([Si](C)(C2=CC=CC2)C2=CC=CC2)CCCC2=C1CC1=C2CCCC1. The molecular weight excluding hydrogens is 328 g/mol. The third-order valence-electron chi connectivity index (χ3n) is 8.40. The Morgan fingerprint density at radius 1 is 0.846 bits per heavy atom. The van der Waals surface area contributed by atoms with Crippen LogP contribution >= 0.6 is 0 Å². The van der Waals surface area contributed by atoms with Crippen LogP contribution in [0.4, 0.5) is 0 Å². The quantitative estimate of drug-likeness (QED) is 0.459. The van der Waals surface area contributed by atoms with E-state index in [1.54, 1.807) is 10.4 Å². The van der Waals surface area contributed by atoms with E-state index >= 15 is 0 Å². The maximum absolute atomic E-state index is 2.72. The number of hydrogen-bond donors (Lipinski definition) is 0. The minimum absolute atomic E-state index is 0.410. The Bertz CT molecular complexity index is 796. The molecule has 0 amide bonds. The first-order chi connectivity index (χ1) is 12.6. The van der Waals surface area contributed by atoms with Gasteiger partial charge in [-0.3, -0.25) is 0 Å². The molecule has 0 nitrogen and oxygen atoms in total. The average Bonchev–Trinajstić information content (AvgIpc) is 3.41. The smallest absolute Gasteiger partial charge is 0.0809 e. The molecule has 5 aliphatic carbocycles. The molecule has 0 N–H and O–H groups in total. The third kappa shape index (κ3) is 2.19. The zero-order valence-electron chi connectivity index (χ0n) is 16.5. The van der Waals surface area contributed by atoms with Crippen LogP contribution in [-0.4, -0.2) is 8.07 Å². The van der Waals surface area contributed by atoms with Crippen molar-refractivity contribution in [2.75, 3.05) is 0 Å². The van der Waals surface area contributed by atoms with Gasteiger partial charge in [-0.05, 0) is 80.4 Å². The first kappa shape index (κ1) is 16.8. The molecule has 1 unspecified atom stereocenters. The second kappa shape index (κ2) is 6.09. The zero-order valence-corrected chi connectivity index (χ0v) is 17.5. The summed E-state index contributed by atoms with van der Waals surface area (Å²) in [6.07, 6.45) is 27.9. The van der Waals surface area contributed by atoms with Crippen LogP contribution in [0.2, 0.25) is 11.6 Å². The molecule has 0 aromatic heterocycles. The van der Waals surface area contributed by atoms with Gasteiger partial charge in [0.15, 0.2) is 0 Å². The molecule has 0 aliphatic heterocycles. The number of hydrogen-bond acceptors (Lipinski definition) is 0. The van der Waals surface area contributed by atoms with E-state index < -0.39 is 8.07 Å². The molecule has 0 fully saturated rings. The van der Waals surface area contributed by atoms with E-state index in [0.29, 0.717) is 5.04 Å². The van der Waals surface area contributed by atoms with Crippen molar-refractivity contribution in [1.29, 1.82) is 0 Å². The largest absolute Gasteiger partial charge is 0.116 e. The van der Waals surface area contributed by atoms with E-state index in [4.69, 9.17) is 0 Å². The Morgan fingerprint density at radius 3 is 2.15 bits per heavy atom. The highest BCUT2D eigenvalue weighted by Gasteiger charge is 2.55. The van der Waals surface area contributed by atoms with Gasteiger partial charge in [-0.25, -0.2) is 0 Å². The van der Waals surface area contributed by atoms with Gasteiger partial charge >= 0.3 is 0 Å². The monoisotopic (exact) mass is 360 g/mol. The lowest BCUT2D eigenvalue weighted by Crippen LogP contribution is -2.49. The summed E-state index contributed by atoms with van der Waals surface area (Å²) < 4.78 is 0. The maximum atomic E-state index is 2.72. The molecule has 1 atom stereocenters. The van der Waals surface area contributed by atoms with Crippen molar-refractivity contribution in [3.63, 3.8) is 0 Å². The second-order valence-electron chi connectivity index (χ2n) is 9.38. The van der Waals surface area contributed by atoms with Gasteiger partial charge in [0.25, 0.3) is 0 Å². The molecule has 0 spiro atoms. The highest BCUT2D eigenvalue weighted by Crippen LogP contribution is 2.64. The van der Waals surface area contributed by atoms with Crippen LogP contribution < -0.4 is 0 Å². The topological polar surface area (TPSA) is 0 Å². The molecule has 5 aliphatic rings. The number of fused-ring (bicyclic) bond motifs is 1. The molecule has 0 aromatic carbocycles. The van der Waals surface area contributed by atoms with Crippen LogP contribution in [0.1, 0.15) is 71.1 Å². The van der Waals surface area contributed by atoms with E-state index in [9.17, 15) is 0 Å². The normalized spacial score (nSPS) is 30.7. The van der Waals surface area contributed by atoms with Crippen LogP contribution in [0.5, 0.6) is 0 Å². The first-order valence-electron chi connectivity index (χ1n) is 10.8. The summed E-state index contributed by atoms with van der Waals surface area (Å²) in [5, 5.41) is 3.98.